The van der Waals surface area contributed by atoms with Crippen molar-refractivity contribution >= 4 is 17.4 Å². The minimum Gasteiger partial charge on any atom is -0.444 e. The Balaban J connectivity index is 1.97. The summed E-state index contributed by atoms with van der Waals surface area (Å²) < 4.78 is 43.3. The number of β-amino-alcohol motifs (C(OH)–C–C–N with tert-alkyl or cyclic N) is 1. The lowest BCUT2D eigenvalue weighted by atomic mass is 10.1. The summed E-state index contributed by atoms with van der Waals surface area (Å²) in [6.45, 7) is 6.32. The molecule has 1 aliphatic rings. The van der Waals surface area contributed by atoms with Gasteiger partial charge in [0.15, 0.2) is 5.01 Å². The Morgan fingerprint density at radius 2 is 2.15 bits per heavy atom. The number of aliphatic hydroxyl groups excluding tert-OH is 1. The van der Waals surface area contributed by atoms with Gasteiger partial charge in [0.25, 0.3) is 0 Å². The highest BCUT2D eigenvalue weighted by Crippen LogP contribution is 2.33. The van der Waals surface area contributed by atoms with Gasteiger partial charge in [-0.1, -0.05) is 5.92 Å². The minimum atomic E-state index is -4.53. The van der Waals surface area contributed by atoms with Crippen LogP contribution in [0.4, 0.5) is 18.0 Å². The normalized spacial score (nSPS) is 20.2. The van der Waals surface area contributed by atoms with E-state index >= 15 is 0 Å². The number of aliphatic hydroxyl groups is 1. The van der Waals surface area contributed by atoms with E-state index in [1.54, 1.807) is 25.7 Å². The standard InChI is InChI=1S/C17H22F3N3O3S/c1-5-11-8-22(6-7-23(11)15(25)26-16(2,3)4)9-13(24)12-10-27-14(21-12)17(18,19)20/h1,10-11,13,24H,6-9H2,2-4H3/t11-,13?/m1/s1. The first-order valence-corrected chi connectivity index (χ1v) is 9.17. The summed E-state index contributed by atoms with van der Waals surface area (Å²) in [5.74, 6) is 2.53. The maximum Gasteiger partial charge on any atom is 0.443 e. The molecule has 0 aromatic carbocycles. The molecule has 0 aliphatic carbocycles. The third-order valence-corrected chi connectivity index (χ3v) is 4.73. The highest BCUT2D eigenvalue weighted by Gasteiger charge is 2.36. The predicted molar refractivity (Wildman–Crippen MR) is 94.1 cm³/mol. The molecule has 10 heteroatoms. The lowest BCUT2D eigenvalue weighted by Crippen LogP contribution is -2.56. The molecule has 0 saturated carbocycles. The number of carbonyl (C=O) groups excluding carboxylic acids is 1. The maximum absolute atomic E-state index is 12.6. The molecule has 1 unspecified atom stereocenters. The average Bonchev–Trinajstić information content (AvgIpc) is 3.03. The molecule has 1 aliphatic heterocycles. The van der Waals surface area contributed by atoms with Crippen molar-refractivity contribution in [3.8, 4) is 12.3 Å². The molecule has 1 N–H and O–H groups in total. The molecule has 2 atom stereocenters. The smallest absolute Gasteiger partial charge is 0.443 e. The second-order valence-electron chi connectivity index (χ2n) is 7.21. The van der Waals surface area contributed by atoms with Crippen molar-refractivity contribution in [1.29, 1.82) is 0 Å². The first-order valence-electron chi connectivity index (χ1n) is 8.29. The molecule has 6 nitrogen and oxygen atoms in total. The van der Waals surface area contributed by atoms with Crippen molar-refractivity contribution in [2.24, 2.45) is 0 Å². The Kier molecular flexibility index (Phi) is 6.39. The molecule has 27 heavy (non-hydrogen) atoms. The number of ether oxygens (including phenoxy) is 1. The molecular formula is C17H22F3N3O3S. The minimum absolute atomic E-state index is 0.0286. The fourth-order valence-corrected chi connectivity index (χ4v) is 3.33. The van der Waals surface area contributed by atoms with E-state index < -0.39 is 35.0 Å². The van der Waals surface area contributed by atoms with E-state index in [1.807, 2.05) is 0 Å². The van der Waals surface area contributed by atoms with E-state index in [9.17, 15) is 23.1 Å². The van der Waals surface area contributed by atoms with Crippen LogP contribution in [-0.2, 0) is 10.9 Å². The van der Waals surface area contributed by atoms with Crippen LogP contribution in [0.15, 0.2) is 5.38 Å². The number of terminal acetylenes is 1. The van der Waals surface area contributed by atoms with Crippen LogP contribution in [-0.4, -0.2) is 63.8 Å². The highest BCUT2D eigenvalue weighted by molar-refractivity contribution is 7.09. The summed E-state index contributed by atoms with van der Waals surface area (Å²) >= 11 is 0.445. The molecule has 1 saturated heterocycles. The van der Waals surface area contributed by atoms with E-state index in [4.69, 9.17) is 11.2 Å². The molecule has 2 heterocycles. The number of aromatic nitrogens is 1. The van der Waals surface area contributed by atoms with E-state index in [0.717, 1.165) is 0 Å². The Morgan fingerprint density at radius 1 is 1.48 bits per heavy atom. The lowest BCUT2D eigenvalue weighted by molar-refractivity contribution is -0.137. The van der Waals surface area contributed by atoms with Crippen LogP contribution in [0.1, 0.15) is 37.6 Å². The molecule has 0 bridgehead atoms. The first kappa shape index (κ1) is 21.5. The number of thiazole rings is 1. The van der Waals surface area contributed by atoms with Crippen LogP contribution >= 0.6 is 11.3 Å². The number of amides is 1. The SMILES string of the molecule is C#C[C@@H]1CN(CC(O)c2csc(C(F)(F)F)n2)CCN1C(=O)OC(C)(C)C. The quantitative estimate of drug-likeness (QED) is 0.784. The number of alkyl halides is 3. The number of piperazine rings is 1. The Hall–Kier alpha value is -1.83. The topological polar surface area (TPSA) is 65.9 Å². The molecule has 1 aromatic rings. The van der Waals surface area contributed by atoms with Gasteiger partial charge in [0.05, 0.1) is 5.69 Å². The highest BCUT2D eigenvalue weighted by atomic mass is 32.1. The van der Waals surface area contributed by atoms with Gasteiger partial charge < -0.3 is 9.84 Å². The summed E-state index contributed by atoms with van der Waals surface area (Å²) in [4.78, 5) is 19.0. The number of carbonyl (C=O) groups is 1. The second-order valence-corrected chi connectivity index (χ2v) is 8.06. The third-order valence-electron chi connectivity index (χ3n) is 3.82. The first-order chi connectivity index (χ1) is 12.4. The summed E-state index contributed by atoms with van der Waals surface area (Å²) in [6.07, 6.45) is -0.696. The Morgan fingerprint density at radius 3 is 2.67 bits per heavy atom. The maximum atomic E-state index is 12.6. The Labute approximate surface area is 159 Å². The molecule has 1 aromatic heterocycles. The van der Waals surface area contributed by atoms with Crippen LogP contribution in [0, 0.1) is 12.3 Å². The average molecular weight is 405 g/mol. The van der Waals surface area contributed by atoms with Crippen LogP contribution < -0.4 is 0 Å². The van der Waals surface area contributed by atoms with Gasteiger partial charge in [-0.3, -0.25) is 9.80 Å². The van der Waals surface area contributed by atoms with Gasteiger partial charge in [-0.15, -0.1) is 17.8 Å². The third kappa shape index (κ3) is 5.82. The summed E-state index contributed by atoms with van der Waals surface area (Å²) in [5.41, 5.74) is -0.677. The zero-order valence-electron chi connectivity index (χ0n) is 15.3. The van der Waals surface area contributed by atoms with Crippen LogP contribution in [0.5, 0.6) is 0 Å². The molecule has 2 rings (SSSR count). The zero-order valence-corrected chi connectivity index (χ0v) is 16.1. The van der Waals surface area contributed by atoms with Gasteiger partial charge in [0.1, 0.15) is 17.7 Å². The lowest BCUT2D eigenvalue weighted by Gasteiger charge is -2.39. The van der Waals surface area contributed by atoms with E-state index in [1.165, 1.54) is 10.3 Å². The largest absolute Gasteiger partial charge is 0.444 e. The van der Waals surface area contributed by atoms with E-state index in [-0.39, 0.29) is 18.8 Å². The monoisotopic (exact) mass is 405 g/mol. The van der Waals surface area contributed by atoms with E-state index in [2.05, 4.69) is 10.9 Å². The van der Waals surface area contributed by atoms with Crippen LogP contribution in [0.3, 0.4) is 0 Å². The summed E-state index contributed by atoms with van der Waals surface area (Å²) in [5, 5.41) is 10.4. The summed E-state index contributed by atoms with van der Waals surface area (Å²) in [6, 6.07) is -0.554. The van der Waals surface area contributed by atoms with Crippen LogP contribution in [0.25, 0.3) is 0 Å². The number of nitrogens with zero attached hydrogens (tertiary/aromatic N) is 3. The molecular weight excluding hydrogens is 383 g/mol. The molecule has 1 fully saturated rings. The van der Waals surface area contributed by atoms with Crippen molar-refractivity contribution in [2.75, 3.05) is 26.2 Å². The van der Waals surface area contributed by atoms with Gasteiger partial charge >= 0.3 is 12.3 Å². The van der Waals surface area contributed by atoms with Crippen molar-refractivity contribution in [3.63, 3.8) is 0 Å². The van der Waals surface area contributed by atoms with Gasteiger partial charge in [-0.2, -0.15) is 13.2 Å². The molecule has 150 valence electrons. The predicted octanol–water partition coefficient (Wildman–Crippen LogP) is 2.75. The molecule has 0 radical (unpaired) electrons. The molecule has 0 spiro atoms. The fraction of sp³-hybridized carbons (Fsp3) is 0.647. The van der Waals surface area contributed by atoms with Gasteiger partial charge in [0, 0.05) is 31.6 Å². The van der Waals surface area contributed by atoms with Crippen molar-refractivity contribution in [2.45, 2.75) is 44.7 Å². The number of halogens is 3. The number of rotatable bonds is 3. The Bertz CT molecular complexity index is 709. The van der Waals surface area contributed by atoms with Gasteiger partial charge in [0.2, 0.25) is 0 Å². The fourth-order valence-electron chi connectivity index (χ4n) is 2.59. The van der Waals surface area contributed by atoms with E-state index in [0.29, 0.717) is 24.4 Å². The van der Waals surface area contributed by atoms with Crippen molar-refractivity contribution in [1.82, 2.24) is 14.8 Å². The van der Waals surface area contributed by atoms with Crippen molar-refractivity contribution < 1.29 is 27.8 Å². The number of hydrogen-bond donors (Lipinski definition) is 1. The molecule has 1 amide bonds. The van der Waals surface area contributed by atoms with Crippen LogP contribution in [0.2, 0.25) is 0 Å². The van der Waals surface area contributed by atoms with Gasteiger partial charge in [-0.05, 0) is 20.8 Å². The zero-order chi connectivity index (χ0) is 20.4. The second kappa shape index (κ2) is 8.04. The summed E-state index contributed by atoms with van der Waals surface area (Å²) in [7, 11) is 0. The van der Waals surface area contributed by atoms with Crippen molar-refractivity contribution in [3.05, 3.63) is 16.1 Å². The number of hydrogen-bond acceptors (Lipinski definition) is 6. The van der Waals surface area contributed by atoms with Gasteiger partial charge in [-0.25, -0.2) is 9.78 Å².